The summed E-state index contributed by atoms with van der Waals surface area (Å²) in [6.45, 7) is 8.74. The summed E-state index contributed by atoms with van der Waals surface area (Å²) in [5, 5.41) is 4.32. The molecule has 4 aromatic rings. The molecule has 5 heteroatoms. The van der Waals surface area contributed by atoms with Crippen LogP contribution in [0.5, 0.6) is 0 Å². The lowest BCUT2D eigenvalue weighted by atomic mass is 9.96. The van der Waals surface area contributed by atoms with E-state index in [1.807, 2.05) is 18.3 Å². The molecule has 2 aromatic heterocycles. The monoisotopic (exact) mass is 466 g/mol. The van der Waals surface area contributed by atoms with Crippen molar-refractivity contribution in [1.29, 1.82) is 0 Å². The number of nitrogens with zero attached hydrogens (tertiary/aromatic N) is 3. The van der Waals surface area contributed by atoms with Crippen molar-refractivity contribution in [1.82, 2.24) is 14.9 Å². The predicted octanol–water partition coefficient (Wildman–Crippen LogP) is 6.54. The summed E-state index contributed by atoms with van der Waals surface area (Å²) in [4.78, 5) is 6.96. The Labute approximate surface area is 207 Å². The van der Waals surface area contributed by atoms with Crippen molar-refractivity contribution in [3.05, 3.63) is 113 Å². The second-order valence-electron chi connectivity index (χ2n) is 8.96. The van der Waals surface area contributed by atoms with Gasteiger partial charge in [0.25, 0.3) is 0 Å². The minimum absolute atomic E-state index is 0.0150. The molecule has 1 aliphatic heterocycles. The van der Waals surface area contributed by atoms with Crippen molar-refractivity contribution in [3.8, 4) is 5.69 Å². The zero-order valence-corrected chi connectivity index (χ0v) is 20.9. The SMILES string of the molecule is CCc1ccc(N2C(=S)N[C@H](c3ccccn3)[C@H]2c2cc(C)n(-c3ccccc3C)c2C)cc1. The van der Waals surface area contributed by atoms with E-state index >= 15 is 0 Å². The predicted molar refractivity (Wildman–Crippen MR) is 144 cm³/mol. The van der Waals surface area contributed by atoms with E-state index < -0.39 is 0 Å². The maximum atomic E-state index is 5.92. The number of anilines is 1. The molecule has 5 rings (SSSR count). The zero-order valence-electron chi connectivity index (χ0n) is 20.1. The average Bonchev–Trinajstić information content (AvgIpc) is 3.35. The van der Waals surface area contributed by atoms with Crippen molar-refractivity contribution in [2.24, 2.45) is 0 Å². The maximum Gasteiger partial charge on any atom is 0.174 e. The molecule has 34 heavy (non-hydrogen) atoms. The molecule has 0 amide bonds. The minimum atomic E-state index is -0.0506. The smallest absolute Gasteiger partial charge is 0.174 e. The average molecular weight is 467 g/mol. The number of thiocarbonyl (C=S) groups is 1. The number of benzene rings is 2. The molecule has 1 fully saturated rings. The Morgan fingerprint density at radius 1 is 0.941 bits per heavy atom. The molecule has 172 valence electrons. The molecule has 4 nitrogen and oxygen atoms in total. The number of para-hydroxylation sites is 1. The van der Waals surface area contributed by atoms with Crippen LogP contribution in [-0.2, 0) is 6.42 Å². The molecule has 0 aliphatic carbocycles. The van der Waals surface area contributed by atoms with Crippen molar-refractivity contribution >= 4 is 23.0 Å². The molecule has 3 heterocycles. The van der Waals surface area contributed by atoms with Crippen LogP contribution in [0.4, 0.5) is 5.69 Å². The highest BCUT2D eigenvalue weighted by Crippen LogP contribution is 2.43. The number of pyridine rings is 1. The van der Waals surface area contributed by atoms with Crippen LogP contribution >= 0.6 is 12.2 Å². The lowest BCUT2D eigenvalue weighted by Gasteiger charge is -2.28. The van der Waals surface area contributed by atoms with Gasteiger partial charge in [-0.25, -0.2) is 0 Å². The van der Waals surface area contributed by atoms with Crippen LogP contribution in [0.1, 0.15) is 52.8 Å². The fraction of sp³-hybridized carbons (Fsp3) is 0.241. The fourth-order valence-corrected chi connectivity index (χ4v) is 5.46. The normalized spacial score (nSPS) is 17.8. The van der Waals surface area contributed by atoms with Crippen LogP contribution < -0.4 is 10.2 Å². The lowest BCUT2D eigenvalue weighted by Crippen LogP contribution is -2.29. The third kappa shape index (κ3) is 3.80. The summed E-state index contributed by atoms with van der Waals surface area (Å²) in [5.74, 6) is 0. The number of aryl methyl sites for hydroxylation is 3. The van der Waals surface area contributed by atoms with Crippen LogP contribution in [0, 0.1) is 20.8 Å². The Morgan fingerprint density at radius 2 is 1.68 bits per heavy atom. The summed E-state index contributed by atoms with van der Waals surface area (Å²) in [5.41, 5.74) is 9.55. The highest BCUT2D eigenvalue weighted by Gasteiger charge is 2.42. The molecule has 0 saturated carbocycles. The van der Waals surface area contributed by atoms with Gasteiger partial charge in [-0.2, -0.15) is 0 Å². The second-order valence-corrected chi connectivity index (χ2v) is 9.35. The number of hydrogen-bond donors (Lipinski definition) is 1. The molecule has 2 atom stereocenters. The van der Waals surface area contributed by atoms with Crippen LogP contribution in [0.3, 0.4) is 0 Å². The molecule has 1 N–H and O–H groups in total. The van der Waals surface area contributed by atoms with Crippen molar-refractivity contribution < 1.29 is 0 Å². The van der Waals surface area contributed by atoms with Crippen molar-refractivity contribution in [3.63, 3.8) is 0 Å². The Bertz CT molecular complexity index is 1320. The molecular weight excluding hydrogens is 436 g/mol. The standard InChI is InChI=1S/C29H30N4S/c1-5-22-13-15-23(16-14-22)33-28(27(31-29(33)34)25-11-8-9-17-30-25)24-18-20(3)32(21(24)4)26-12-7-6-10-19(26)2/h6-18,27-28H,5H2,1-4H3,(H,31,34)/t27-,28-/m1/s1. The first-order chi connectivity index (χ1) is 16.5. The van der Waals surface area contributed by atoms with E-state index in [-0.39, 0.29) is 12.1 Å². The van der Waals surface area contributed by atoms with Gasteiger partial charge in [-0.15, -0.1) is 0 Å². The van der Waals surface area contributed by atoms with Crippen molar-refractivity contribution in [2.45, 2.75) is 46.2 Å². The fourth-order valence-electron chi connectivity index (χ4n) is 5.11. The molecule has 1 aliphatic rings. The van der Waals surface area contributed by atoms with E-state index in [0.29, 0.717) is 0 Å². The molecule has 0 spiro atoms. The molecule has 0 bridgehead atoms. The van der Waals surface area contributed by atoms with E-state index in [0.717, 1.165) is 22.9 Å². The van der Waals surface area contributed by atoms with Gasteiger partial charge in [-0.05, 0) is 92.5 Å². The third-order valence-corrected chi connectivity index (χ3v) is 7.18. The Balaban J connectivity index is 1.68. The van der Waals surface area contributed by atoms with Gasteiger partial charge >= 0.3 is 0 Å². The minimum Gasteiger partial charge on any atom is -0.351 e. The van der Waals surface area contributed by atoms with Gasteiger partial charge in [0.15, 0.2) is 5.11 Å². The van der Waals surface area contributed by atoms with Crippen LogP contribution in [-0.4, -0.2) is 14.7 Å². The van der Waals surface area contributed by atoms with Gasteiger partial charge in [0, 0.05) is 29.0 Å². The summed E-state index contributed by atoms with van der Waals surface area (Å²) in [6.07, 6.45) is 2.87. The summed E-state index contributed by atoms with van der Waals surface area (Å²) >= 11 is 5.92. The lowest BCUT2D eigenvalue weighted by molar-refractivity contribution is 0.565. The van der Waals surface area contributed by atoms with Gasteiger partial charge in [-0.1, -0.05) is 43.3 Å². The Hall–Kier alpha value is -3.44. The van der Waals surface area contributed by atoms with Gasteiger partial charge in [0.2, 0.25) is 0 Å². The quantitative estimate of drug-likeness (QED) is 0.339. The molecule has 0 unspecified atom stereocenters. The molecule has 2 aromatic carbocycles. The Kier molecular flexibility index (Phi) is 5.96. The van der Waals surface area contributed by atoms with E-state index in [1.54, 1.807) is 0 Å². The Morgan fingerprint density at radius 3 is 2.35 bits per heavy atom. The number of hydrogen-bond acceptors (Lipinski definition) is 2. The largest absolute Gasteiger partial charge is 0.351 e. The maximum absolute atomic E-state index is 5.92. The van der Waals surface area contributed by atoms with Crippen LogP contribution in [0.15, 0.2) is 79.0 Å². The summed E-state index contributed by atoms with van der Waals surface area (Å²) < 4.78 is 2.36. The van der Waals surface area contributed by atoms with Gasteiger partial charge < -0.3 is 14.8 Å². The van der Waals surface area contributed by atoms with E-state index in [9.17, 15) is 0 Å². The summed E-state index contributed by atoms with van der Waals surface area (Å²) in [6, 6.07) is 25.6. The highest BCUT2D eigenvalue weighted by atomic mass is 32.1. The highest BCUT2D eigenvalue weighted by molar-refractivity contribution is 7.80. The topological polar surface area (TPSA) is 33.1 Å². The first kappa shape index (κ1) is 22.4. The van der Waals surface area contributed by atoms with E-state index in [1.165, 1.54) is 33.8 Å². The first-order valence-corrected chi connectivity index (χ1v) is 12.2. The van der Waals surface area contributed by atoms with Gasteiger partial charge in [0.05, 0.1) is 17.8 Å². The van der Waals surface area contributed by atoms with Crippen molar-refractivity contribution in [2.75, 3.05) is 4.90 Å². The van der Waals surface area contributed by atoms with E-state index in [4.69, 9.17) is 17.2 Å². The van der Waals surface area contributed by atoms with Gasteiger partial charge in [-0.3, -0.25) is 4.98 Å². The van der Waals surface area contributed by atoms with Gasteiger partial charge in [0.1, 0.15) is 0 Å². The number of rotatable bonds is 5. The number of nitrogens with one attached hydrogen (secondary N) is 1. The molecular formula is C29H30N4S. The molecule has 1 saturated heterocycles. The summed E-state index contributed by atoms with van der Waals surface area (Å²) in [7, 11) is 0. The number of aromatic nitrogens is 2. The molecule has 0 radical (unpaired) electrons. The van der Waals surface area contributed by atoms with Crippen LogP contribution in [0.2, 0.25) is 0 Å². The third-order valence-electron chi connectivity index (χ3n) is 6.87. The van der Waals surface area contributed by atoms with Crippen LogP contribution in [0.25, 0.3) is 5.69 Å². The first-order valence-electron chi connectivity index (χ1n) is 11.8. The second kappa shape index (κ2) is 9.07. The zero-order chi connectivity index (χ0) is 23.8. The van der Waals surface area contributed by atoms with E-state index in [2.05, 4.69) is 103 Å².